The van der Waals surface area contributed by atoms with Crippen LogP contribution in [0.4, 0.5) is 10.1 Å². The summed E-state index contributed by atoms with van der Waals surface area (Å²) in [4.78, 5) is 28.6. The van der Waals surface area contributed by atoms with E-state index in [1.165, 1.54) is 12.1 Å². The molecule has 0 aromatic heterocycles. The highest BCUT2D eigenvalue weighted by atomic mass is 19.1. The highest BCUT2D eigenvalue weighted by Gasteiger charge is 2.33. The SMILES string of the molecule is CN1CC=CC[C@H](C2CCN(CC(=O)Nc3ccc(F)cc3)CC2)C1=O. The monoisotopic (exact) mass is 359 g/mol. The van der Waals surface area contributed by atoms with Gasteiger partial charge in [0.15, 0.2) is 0 Å². The van der Waals surface area contributed by atoms with Crippen LogP contribution in [-0.2, 0) is 9.59 Å². The number of allylic oxidation sites excluding steroid dienone is 1. The number of likely N-dealkylation sites (N-methyl/N-ethyl adjacent to an activating group) is 1. The molecule has 0 aliphatic carbocycles. The van der Waals surface area contributed by atoms with Gasteiger partial charge in [0.1, 0.15) is 5.82 Å². The minimum absolute atomic E-state index is 0.0638. The van der Waals surface area contributed by atoms with Crippen LogP contribution < -0.4 is 5.32 Å². The molecule has 1 aromatic rings. The average molecular weight is 359 g/mol. The Balaban J connectivity index is 1.47. The molecule has 0 bridgehead atoms. The van der Waals surface area contributed by atoms with Gasteiger partial charge in [-0.15, -0.1) is 0 Å². The lowest BCUT2D eigenvalue weighted by atomic mass is 9.81. The second-order valence-corrected chi connectivity index (χ2v) is 7.20. The van der Waals surface area contributed by atoms with Gasteiger partial charge in [-0.05, 0) is 62.5 Å². The van der Waals surface area contributed by atoms with Crippen molar-refractivity contribution in [3.8, 4) is 0 Å². The molecule has 3 rings (SSSR count). The van der Waals surface area contributed by atoms with E-state index in [-0.39, 0.29) is 23.5 Å². The molecule has 6 heteroatoms. The van der Waals surface area contributed by atoms with Gasteiger partial charge in [-0.2, -0.15) is 0 Å². The number of hydrogen-bond acceptors (Lipinski definition) is 3. The molecule has 1 N–H and O–H groups in total. The number of carbonyl (C=O) groups is 2. The maximum atomic E-state index is 12.9. The predicted octanol–water partition coefficient (Wildman–Crippen LogP) is 2.51. The number of hydrogen-bond donors (Lipinski definition) is 1. The molecule has 140 valence electrons. The molecule has 0 radical (unpaired) electrons. The van der Waals surface area contributed by atoms with Crippen molar-refractivity contribution in [2.75, 3.05) is 38.5 Å². The zero-order valence-electron chi connectivity index (χ0n) is 15.2. The number of nitrogens with zero attached hydrogens (tertiary/aromatic N) is 2. The van der Waals surface area contributed by atoms with Crippen molar-refractivity contribution in [3.05, 3.63) is 42.2 Å². The summed E-state index contributed by atoms with van der Waals surface area (Å²) in [5, 5.41) is 2.79. The third kappa shape index (κ3) is 4.69. The van der Waals surface area contributed by atoms with E-state index in [1.807, 2.05) is 7.05 Å². The smallest absolute Gasteiger partial charge is 0.238 e. The second-order valence-electron chi connectivity index (χ2n) is 7.20. The molecule has 26 heavy (non-hydrogen) atoms. The van der Waals surface area contributed by atoms with Crippen molar-refractivity contribution < 1.29 is 14.0 Å². The maximum absolute atomic E-state index is 12.9. The first-order valence-corrected chi connectivity index (χ1v) is 9.20. The van der Waals surface area contributed by atoms with Crippen LogP contribution in [0.15, 0.2) is 36.4 Å². The predicted molar refractivity (Wildman–Crippen MR) is 99.1 cm³/mol. The van der Waals surface area contributed by atoms with Crippen molar-refractivity contribution in [2.45, 2.75) is 19.3 Å². The van der Waals surface area contributed by atoms with E-state index in [4.69, 9.17) is 0 Å². The summed E-state index contributed by atoms with van der Waals surface area (Å²) in [5.74, 6) is 0.266. The largest absolute Gasteiger partial charge is 0.342 e. The zero-order chi connectivity index (χ0) is 18.5. The van der Waals surface area contributed by atoms with Crippen LogP contribution in [0.1, 0.15) is 19.3 Å². The lowest BCUT2D eigenvalue weighted by Gasteiger charge is -2.35. The van der Waals surface area contributed by atoms with Crippen LogP contribution in [0, 0.1) is 17.7 Å². The van der Waals surface area contributed by atoms with E-state index >= 15 is 0 Å². The summed E-state index contributed by atoms with van der Waals surface area (Å²) in [6.45, 7) is 2.65. The molecule has 2 amide bonds. The Labute approximate surface area is 153 Å². The fraction of sp³-hybridized carbons (Fsp3) is 0.500. The van der Waals surface area contributed by atoms with Crippen LogP contribution in [0.3, 0.4) is 0 Å². The Morgan fingerprint density at radius 2 is 1.88 bits per heavy atom. The molecule has 0 spiro atoms. The topological polar surface area (TPSA) is 52.6 Å². The number of halogens is 1. The van der Waals surface area contributed by atoms with Crippen LogP contribution in [0.25, 0.3) is 0 Å². The van der Waals surface area contributed by atoms with Gasteiger partial charge < -0.3 is 10.2 Å². The summed E-state index contributed by atoms with van der Waals surface area (Å²) in [6.07, 6.45) is 6.87. The highest BCUT2D eigenvalue weighted by Crippen LogP contribution is 2.30. The Morgan fingerprint density at radius 1 is 1.19 bits per heavy atom. The minimum Gasteiger partial charge on any atom is -0.342 e. The van der Waals surface area contributed by atoms with Gasteiger partial charge in [-0.1, -0.05) is 12.2 Å². The fourth-order valence-electron chi connectivity index (χ4n) is 3.79. The van der Waals surface area contributed by atoms with Crippen LogP contribution >= 0.6 is 0 Å². The van der Waals surface area contributed by atoms with Gasteiger partial charge >= 0.3 is 0 Å². The number of benzene rings is 1. The van der Waals surface area contributed by atoms with Crippen LogP contribution in [0.2, 0.25) is 0 Å². The number of nitrogens with one attached hydrogen (secondary N) is 1. The van der Waals surface area contributed by atoms with Crippen LogP contribution in [0.5, 0.6) is 0 Å². The van der Waals surface area contributed by atoms with E-state index < -0.39 is 0 Å². The molecule has 5 nitrogen and oxygen atoms in total. The Bertz CT molecular complexity index is 666. The van der Waals surface area contributed by atoms with Gasteiger partial charge in [0.25, 0.3) is 0 Å². The minimum atomic E-state index is -0.321. The molecular weight excluding hydrogens is 333 g/mol. The fourth-order valence-corrected chi connectivity index (χ4v) is 3.79. The van der Waals surface area contributed by atoms with Crippen molar-refractivity contribution in [3.63, 3.8) is 0 Å². The number of piperidine rings is 1. The molecule has 0 unspecified atom stereocenters. The maximum Gasteiger partial charge on any atom is 0.238 e. The molecule has 2 heterocycles. The van der Waals surface area contributed by atoms with Crippen molar-refractivity contribution in [1.82, 2.24) is 9.80 Å². The normalized spacial score (nSPS) is 22.3. The van der Waals surface area contributed by atoms with E-state index in [9.17, 15) is 14.0 Å². The van der Waals surface area contributed by atoms with Gasteiger partial charge in [0.05, 0.1) is 6.54 Å². The average Bonchev–Trinajstić information content (AvgIpc) is 2.79. The van der Waals surface area contributed by atoms with E-state index in [2.05, 4.69) is 22.4 Å². The molecule has 1 fully saturated rings. The molecule has 1 saturated heterocycles. The van der Waals surface area contributed by atoms with Gasteiger partial charge in [0.2, 0.25) is 11.8 Å². The number of rotatable bonds is 4. The molecular formula is C20H26FN3O2. The first kappa shape index (κ1) is 18.6. The molecule has 2 aliphatic heterocycles. The number of likely N-dealkylation sites (tertiary alicyclic amines) is 1. The Hall–Kier alpha value is -2.21. The third-order valence-electron chi connectivity index (χ3n) is 5.33. The van der Waals surface area contributed by atoms with Crippen LogP contribution in [-0.4, -0.2) is 54.8 Å². The van der Waals surface area contributed by atoms with E-state index in [1.54, 1.807) is 17.0 Å². The Kier molecular flexibility index (Phi) is 6.04. The number of anilines is 1. The highest BCUT2D eigenvalue weighted by molar-refractivity contribution is 5.92. The summed E-state index contributed by atoms with van der Waals surface area (Å²) in [5.41, 5.74) is 0.602. The van der Waals surface area contributed by atoms with Crippen molar-refractivity contribution in [2.24, 2.45) is 11.8 Å². The quantitative estimate of drug-likeness (QED) is 0.841. The second kappa shape index (κ2) is 8.45. The molecule has 1 atom stereocenters. The first-order valence-electron chi connectivity index (χ1n) is 9.20. The first-order chi connectivity index (χ1) is 12.5. The van der Waals surface area contributed by atoms with Crippen molar-refractivity contribution >= 4 is 17.5 Å². The zero-order valence-corrected chi connectivity index (χ0v) is 15.2. The lowest BCUT2D eigenvalue weighted by Crippen LogP contribution is -2.43. The van der Waals surface area contributed by atoms with Gasteiger partial charge in [-0.3, -0.25) is 14.5 Å². The number of carbonyl (C=O) groups excluding carboxylic acids is 2. The summed E-state index contributed by atoms with van der Waals surface area (Å²) in [7, 11) is 1.86. The van der Waals surface area contributed by atoms with Gasteiger partial charge in [0, 0.05) is 25.2 Å². The molecule has 2 aliphatic rings. The van der Waals surface area contributed by atoms with Crippen molar-refractivity contribution in [1.29, 1.82) is 0 Å². The molecule has 1 aromatic carbocycles. The van der Waals surface area contributed by atoms with E-state index in [0.717, 1.165) is 32.4 Å². The number of amides is 2. The standard InChI is InChI=1S/C20H26FN3O2/c1-23-11-3-2-4-18(20(23)26)15-9-12-24(13-10-15)14-19(25)22-17-7-5-16(21)6-8-17/h2-3,5-8,15,18H,4,9-14H2,1H3,(H,22,25)/t18-/m1/s1. The lowest BCUT2D eigenvalue weighted by molar-refractivity contribution is -0.136. The summed E-state index contributed by atoms with van der Waals surface area (Å²) in [6, 6.07) is 5.77. The third-order valence-corrected chi connectivity index (χ3v) is 5.33. The molecule has 0 saturated carbocycles. The Morgan fingerprint density at radius 3 is 2.58 bits per heavy atom. The van der Waals surface area contributed by atoms with E-state index in [0.29, 0.717) is 24.7 Å². The summed E-state index contributed by atoms with van der Waals surface area (Å²) < 4.78 is 12.9. The summed E-state index contributed by atoms with van der Waals surface area (Å²) >= 11 is 0. The van der Waals surface area contributed by atoms with Gasteiger partial charge in [-0.25, -0.2) is 4.39 Å².